The molecular weight excluding hydrogens is 262 g/mol. The third-order valence-corrected chi connectivity index (χ3v) is 5.56. The maximum atomic E-state index is 12.4. The van der Waals surface area contributed by atoms with E-state index in [9.17, 15) is 4.79 Å². The zero-order valence-corrected chi connectivity index (χ0v) is 14.1. The Bertz CT molecular complexity index is 328. The van der Waals surface area contributed by atoms with Crippen molar-refractivity contribution in [1.29, 1.82) is 0 Å². The summed E-state index contributed by atoms with van der Waals surface area (Å²) in [6.07, 6.45) is 6.56. The highest BCUT2D eigenvalue weighted by Gasteiger charge is 2.29. The predicted octanol–water partition coefficient (Wildman–Crippen LogP) is 2.10. The van der Waals surface area contributed by atoms with E-state index >= 15 is 0 Å². The Hall–Kier alpha value is -0.610. The van der Waals surface area contributed by atoms with E-state index in [0.29, 0.717) is 18.0 Å². The molecule has 2 rings (SSSR count). The lowest BCUT2D eigenvalue weighted by Crippen LogP contribution is -2.49. The van der Waals surface area contributed by atoms with Gasteiger partial charge in [-0.2, -0.15) is 0 Å². The number of piperidine rings is 2. The van der Waals surface area contributed by atoms with Crippen LogP contribution in [0.2, 0.25) is 0 Å². The SMILES string of the molecule is CCN1CCC(N(C)C(=O)CCC2CCNCC2)CC1C. The van der Waals surface area contributed by atoms with E-state index in [2.05, 4.69) is 24.1 Å². The summed E-state index contributed by atoms with van der Waals surface area (Å²) < 4.78 is 0. The largest absolute Gasteiger partial charge is 0.343 e. The third kappa shape index (κ3) is 4.68. The highest BCUT2D eigenvalue weighted by molar-refractivity contribution is 5.76. The summed E-state index contributed by atoms with van der Waals surface area (Å²) in [5.41, 5.74) is 0. The minimum atomic E-state index is 0.357. The molecule has 0 spiro atoms. The number of likely N-dealkylation sites (tertiary alicyclic amines) is 1. The van der Waals surface area contributed by atoms with Gasteiger partial charge in [-0.3, -0.25) is 4.79 Å². The first kappa shape index (κ1) is 16.8. The van der Waals surface area contributed by atoms with Crippen LogP contribution >= 0.6 is 0 Å². The molecule has 0 aliphatic carbocycles. The molecule has 1 N–H and O–H groups in total. The first-order chi connectivity index (χ1) is 10.1. The molecule has 2 heterocycles. The fraction of sp³-hybridized carbons (Fsp3) is 0.941. The molecule has 2 aliphatic heterocycles. The van der Waals surface area contributed by atoms with Gasteiger partial charge >= 0.3 is 0 Å². The van der Waals surface area contributed by atoms with Crippen LogP contribution in [0.5, 0.6) is 0 Å². The summed E-state index contributed by atoms with van der Waals surface area (Å²) in [6, 6.07) is 1.05. The van der Waals surface area contributed by atoms with Crippen LogP contribution in [-0.4, -0.2) is 61.0 Å². The van der Waals surface area contributed by atoms with E-state index in [-0.39, 0.29) is 0 Å². The van der Waals surface area contributed by atoms with Crippen molar-refractivity contribution in [1.82, 2.24) is 15.1 Å². The van der Waals surface area contributed by atoms with Crippen LogP contribution in [-0.2, 0) is 4.79 Å². The summed E-state index contributed by atoms with van der Waals surface area (Å²) in [6.45, 7) is 9.03. The van der Waals surface area contributed by atoms with E-state index in [0.717, 1.165) is 57.8 Å². The fourth-order valence-corrected chi connectivity index (χ4v) is 3.90. The van der Waals surface area contributed by atoms with Crippen molar-refractivity contribution >= 4 is 5.91 Å². The Labute approximate surface area is 130 Å². The van der Waals surface area contributed by atoms with Crippen LogP contribution in [0.25, 0.3) is 0 Å². The van der Waals surface area contributed by atoms with Crippen LogP contribution in [0.15, 0.2) is 0 Å². The molecule has 4 nitrogen and oxygen atoms in total. The quantitative estimate of drug-likeness (QED) is 0.844. The molecule has 2 saturated heterocycles. The lowest BCUT2D eigenvalue weighted by Gasteiger charge is -2.40. The number of rotatable bonds is 5. The molecular formula is C17H33N3O. The van der Waals surface area contributed by atoms with Crippen molar-refractivity contribution in [3.8, 4) is 0 Å². The predicted molar refractivity (Wildman–Crippen MR) is 87.3 cm³/mol. The van der Waals surface area contributed by atoms with Gasteiger partial charge in [-0.15, -0.1) is 0 Å². The van der Waals surface area contributed by atoms with E-state index in [1.54, 1.807) is 0 Å². The summed E-state index contributed by atoms with van der Waals surface area (Å²) >= 11 is 0. The number of amides is 1. The molecule has 0 aromatic heterocycles. The fourth-order valence-electron chi connectivity index (χ4n) is 3.90. The van der Waals surface area contributed by atoms with Crippen LogP contribution in [0.1, 0.15) is 52.4 Å². The van der Waals surface area contributed by atoms with E-state index in [1.165, 1.54) is 12.8 Å². The Kier molecular flexibility index (Phi) is 6.49. The van der Waals surface area contributed by atoms with Crippen LogP contribution in [0.3, 0.4) is 0 Å². The van der Waals surface area contributed by atoms with Crippen molar-refractivity contribution in [2.24, 2.45) is 5.92 Å². The van der Waals surface area contributed by atoms with Crippen molar-refractivity contribution in [2.45, 2.75) is 64.5 Å². The number of carbonyl (C=O) groups excluding carboxylic acids is 1. The Balaban J connectivity index is 1.74. The molecule has 0 aromatic carbocycles. The Morgan fingerprint density at radius 2 is 2.00 bits per heavy atom. The van der Waals surface area contributed by atoms with Crippen LogP contribution in [0, 0.1) is 5.92 Å². The van der Waals surface area contributed by atoms with Crippen molar-refractivity contribution in [3.63, 3.8) is 0 Å². The van der Waals surface area contributed by atoms with Gasteiger partial charge in [-0.25, -0.2) is 0 Å². The van der Waals surface area contributed by atoms with Gasteiger partial charge in [0, 0.05) is 32.1 Å². The van der Waals surface area contributed by atoms with Gasteiger partial charge in [0.05, 0.1) is 0 Å². The minimum Gasteiger partial charge on any atom is -0.343 e. The maximum absolute atomic E-state index is 12.4. The van der Waals surface area contributed by atoms with Gasteiger partial charge in [0.1, 0.15) is 0 Å². The minimum absolute atomic E-state index is 0.357. The van der Waals surface area contributed by atoms with E-state index in [4.69, 9.17) is 0 Å². The molecule has 1 amide bonds. The lowest BCUT2D eigenvalue weighted by atomic mass is 9.92. The van der Waals surface area contributed by atoms with E-state index < -0.39 is 0 Å². The molecule has 2 unspecified atom stereocenters. The molecule has 2 atom stereocenters. The van der Waals surface area contributed by atoms with Gasteiger partial charge in [-0.05, 0) is 64.6 Å². The smallest absolute Gasteiger partial charge is 0.222 e. The summed E-state index contributed by atoms with van der Waals surface area (Å²) in [5.74, 6) is 1.11. The maximum Gasteiger partial charge on any atom is 0.222 e. The van der Waals surface area contributed by atoms with E-state index in [1.807, 2.05) is 11.9 Å². The zero-order chi connectivity index (χ0) is 15.2. The molecule has 2 fully saturated rings. The molecule has 2 aliphatic rings. The first-order valence-electron chi connectivity index (χ1n) is 8.82. The molecule has 122 valence electrons. The van der Waals surface area contributed by atoms with Gasteiger partial charge in [0.25, 0.3) is 0 Å². The summed E-state index contributed by atoms with van der Waals surface area (Å²) in [5, 5.41) is 3.39. The third-order valence-electron chi connectivity index (χ3n) is 5.56. The second kappa shape index (κ2) is 8.14. The Morgan fingerprint density at radius 3 is 2.62 bits per heavy atom. The van der Waals surface area contributed by atoms with Gasteiger partial charge in [-0.1, -0.05) is 6.92 Å². The van der Waals surface area contributed by atoms with Crippen molar-refractivity contribution in [3.05, 3.63) is 0 Å². The monoisotopic (exact) mass is 295 g/mol. The number of hydrogen-bond donors (Lipinski definition) is 1. The van der Waals surface area contributed by atoms with Gasteiger partial charge in [0.15, 0.2) is 0 Å². The number of carbonyl (C=O) groups is 1. The molecule has 0 aromatic rings. The van der Waals surface area contributed by atoms with Crippen molar-refractivity contribution < 1.29 is 4.79 Å². The zero-order valence-electron chi connectivity index (χ0n) is 14.1. The Morgan fingerprint density at radius 1 is 1.29 bits per heavy atom. The lowest BCUT2D eigenvalue weighted by molar-refractivity contribution is -0.133. The summed E-state index contributed by atoms with van der Waals surface area (Å²) in [7, 11) is 2.02. The van der Waals surface area contributed by atoms with Crippen LogP contribution in [0.4, 0.5) is 0 Å². The number of hydrogen-bond acceptors (Lipinski definition) is 3. The normalized spacial score (nSPS) is 28.5. The molecule has 21 heavy (non-hydrogen) atoms. The topological polar surface area (TPSA) is 35.6 Å². The molecule has 4 heteroatoms. The molecule has 0 saturated carbocycles. The highest BCUT2D eigenvalue weighted by atomic mass is 16.2. The van der Waals surface area contributed by atoms with Crippen molar-refractivity contribution in [2.75, 3.05) is 33.2 Å². The number of nitrogens with zero attached hydrogens (tertiary/aromatic N) is 2. The standard InChI is InChI=1S/C17H33N3O/c1-4-20-12-9-16(13-14(20)2)19(3)17(21)6-5-15-7-10-18-11-8-15/h14-16,18H,4-13H2,1-3H3. The number of nitrogens with one attached hydrogen (secondary N) is 1. The van der Waals surface area contributed by atoms with Gasteiger partial charge < -0.3 is 15.1 Å². The van der Waals surface area contributed by atoms with Crippen LogP contribution < -0.4 is 5.32 Å². The first-order valence-corrected chi connectivity index (χ1v) is 8.82. The molecule has 0 bridgehead atoms. The average molecular weight is 295 g/mol. The second-order valence-corrected chi connectivity index (χ2v) is 6.89. The summed E-state index contributed by atoms with van der Waals surface area (Å²) in [4.78, 5) is 17.0. The second-order valence-electron chi connectivity index (χ2n) is 6.89. The van der Waals surface area contributed by atoms with Gasteiger partial charge in [0.2, 0.25) is 5.91 Å². The average Bonchev–Trinajstić information content (AvgIpc) is 2.52. The highest BCUT2D eigenvalue weighted by Crippen LogP contribution is 2.23. The molecule has 0 radical (unpaired) electrons.